The molecule has 0 saturated heterocycles. The maximum absolute atomic E-state index is 11.6. The van der Waals surface area contributed by atoms with Gasteiger partial charge in [0, 0.05) is 0 Å². The van der Waals surface area contributed by atoms with Crippen molar-refractivity contribution in [1.82, 2.24) is 0 Å². The number of rotatable bonds is 3. The molecule has 0 fully saturated rings. The summed E-state index contributed by atoms with van der Waals surface area (Å²) in [5.41, 5.74) is 8.77. The molecule has 2 N–H and O–H groups in total. The number of methoxy groups -OCH3 is 1. The summed E-state index contributed by atoms with van der Waals surface area (Å²) in [6, 6.07) is 13.4. The summed E-state index contributed by atoms with van der Waals surface area (Å²) < 4.78 is 5.19. The first-order chi connectivity index (χ1) is 8.63. The molecule has 0 saturated carbocycles. The van der Waals surface area contributed by atoms with Gasteiger partial charge in [-0.25, -0.2) is 0 Å². The van der Waals surface area contributed by atoms with Gasteiger partial charge in [0.05, 0.1) is 12.7 Å². The number of aryl methyl sites for hydroxylation is 1. The van der Waals surface area contributed by atoms with Crippen molar-refractivity contribution in [3.8, 4) is 16.9 Å². The van der Waals surface area contributed by atoms with E-state index in [0.29, 0.717) is 11.3 Å². The van der Waals surface area contributed by atoms with E-state index in [4.69, 9.17) is 10.5 Å². The van der Waals surface area contributed by atoms with Gasteiger partial charge in [-0.3, -0.25) is 4.79 Å². The Morgan fingerprint density at radius 2 is 1.78 bits per heavy atom. The van der Waals surface area contributed by atoms with Crippen LogP contribution >= 0.6 is 0 Å². The fraction of sp³-hybridized carbons (Fsp3) is 0.133. The maximum Gasteiger partial charge on any atom is 0.253 e. The van der Waals surface area contributed by atoms with Crippen molar-refractivity contribution in [3.05, 3.63) is 53.6 Å². The minimum atomic E-state index is -0.483. The lowest BCUT2D eigenvalue weighted by atomic mass is 9.97. The van der Waals surface area contributed by atoms with Crippen molar-refractivity contribution in [2.45, 2.75) is 6.92 Å². The normalized spacial score (nSPS) is 10.1. The van der Waals surface area contributed by atoms with Crippen molar-refractivity contribution in [3.63, 3.8) is 0 Å². The minimum absolute atomic E-state index is 0.420. The van der Waals surface area contributed by atoms with Crippen LogP contribution in [0.3, 0.4) is 0 Å². The molecule has 0 atom stereocenters. The van der Waals surface area contributed by atoms with E-state index in [-0.39, 0.29) is 0 Å². The molecule has 3 heteroatoms. The van der Waals surface area contributed by atoms with Crippen molar-refractivity contribution in [2.75, 3.05) is 7.11 Å². The van der Waals surface area contributed by atoms with Crippen LogP contribution in [0.1, 0.15) is 15.9 Å². The van der Waals surface area contributed by atoms with Gasteiger partial charge in [-0.1, -0.05) is 42.0 Å². The van der Waals surface area contributed by atoms with Gasteiger partial charge < -0.3 is 10.5 Å². The molecule has 2 aromatic rings. The number of ether oxygens (including phenoxy) is 1. The highest BCUT2D eigenvalue weighted by atomic mass is 16.5. The first-order valence-electron chi connectivity index (χ1n) is 5.67. The van der Waals surface area contributed by atoms with Crippen molar-refractivity contribution in [2.24, 2.45) is 5.73 Å². The van der Waals surface area contributed by atoms with Crippen LogP contribution in [-0.2, 0) is 0 Å². The highest BCUT2D eigenvalue weighted by Gasteiger charge is 2.15. The summed E-state index contributed by atoms with van der Waals surface area (Å²) in [5, 5.41) is 0. The highest BCUT2D eigenvalue weighted by molar-refractivity contribution is 6.02. The highest BCUT2D eigenvalue weighted by Crippen LogP contribution is 2.30. The third-order valence-corrected chi connectivity index (χ3v) is 2.86. The zero-order valence-corrected chi connectivity index (χ0v) is 10.4. The predicted molar refractivity (Wildman–Crippen MR) is 71.7 cm³/mol. The molecule has 0 aliphatic heterocycles. The Hall–Kier alpha value is -2.29. The van der Waals surface area contributed by atoms with E-state index in [1.807, 2.05) is 43.3 Å². The van der Waals surface area contributed by atoms with Gasteiger partial charge in [0.2, 0.25) is 0 Å². The minimum Gasteiger partial charge on any atom is -0.496 e. The predicted octanol–water partition coefficient (Wildman–Crippen LogP) is 2.77. The van der Waals surface area contributed by atoms with Crippen LogP contribution in [0.15, 0.2) is 42.5 Å². The SMILES string of the molecule is COc1cccc(-c2ccc(C)cc2)c1C(N)=O. The quantitative estimate of drug-likeness (QED) is 0.898. The monoisotopic (exact) mass is 241 g/mol. The van der Waals surface area contributed by atoms with E-state index < -0.39 is 5.91 Å². The molecule has 2 rings (SSSR count). The van der Waals surface area contributed by atoms with Gasteiger partial charge >= 0.3 is 0 Å². The number of hydrogen-bond donors (Lipinski definition) is 1. The molecule has 0 aromatic heterocycles. The maximum atomic E-state index is 11.6. The molecule has 92 valence electrons. The fourth-order valence-electron chi connectivity index (χ4n) is 1.93. The second kappa shape index (κ2) is 4.92. The molecular formula is C15H15NO2. The summed E-state index contributed by atoms with van der Waals surface area (Å²) in [4.78, 5) is 11.6. The summed E-state index contributed by atoms with van der Waals surface area (Å²) in [5.74, 6) is 0.0172. The van der Waals surface area contributed by atoms with E-state index >= 15 is 0 Å². The van der Waals surface area contributed by atoms with E-state index in [2.05, 4.69) is 0 Å². The zero-order chi connectivity index (χ0) is 13.1. The van der Waals surface area contributed by atoms with Crippen LogP contribution in [-0.4, -0.2) is 13.0 Å². The van der Waals surface area contributed by atoms with Crippen molar-refractivity contribution < 1.29 is 9.53 Å². The first-order valence-corrected chi connectivity index (χ1v) is 5.67. The molecule has 0 radical (unpaired) electrons. The number of carbonyl (C=O) groups is 1. The van der Waals surface area contributed by atoms with Crippen LogP contribution in [0.4, 0.5) is 0 Å². The van der Waals surface area contributed by atoms with Gasteiger partial charge in [-0.15, -0.1) is 0 Å². The first kappa shape index (κ1) is 12.2. The largest absolute Gasteiger partial charge is 0.496 e. The molecule has 0 unspecified atom stereocenters. The Labute approximate surface area is 106 Å². The standard InChI is InChI=1S/C15H15NO2/c1-10-6-8-11(9-7-10)12-4-3-5-13(18-2)14(12)15(16)17/h3-9H,1-2H3,(H2,16,17). The van der Waals surface area contributed by atoms with Crippen LogP contribution in [0.25, 0.3) is 11.1 Å². The Bertz CT molecular complexity index is 574. The summed E-state index contributed by atoms with van der Waals surface area (Å²) in [6.07, 6.45) is 0. The van der Waals surface area contributed by atoms with Crippen LogP contribution in [0, 0.1) is 6.92 Å². The summed E-state index contributed by atoms with van der Waals surface area (Å²) in [6.45, 7) is 2.02. The second-order valence-electron chi connectivity index (χ2n) is 4.11. The number of primary amides is 1. The third-order valence-electron chi connectivity index (χ3n) is 2.86. The molecule has 0 aliphatic carbocycles. The average molecular weight is 241 g/mol. The van der Waals surface area contributed by atoms with E-state index in [1.165, 1.54) is 12.7 Å². The van der Waals surface area contributed by atoms with Crippen molar-refractivity contribution >= 4 is 5.91 Å². The summed E-state index contributed by atoms with van der Waals surface area (Å²) in [7, 11) is 1.53. The Morgan fingerprint density at radius 3 is 2.33 bits per heavy atom. The molecular weight excluding hydrogens is 226 g/mol. The third kappa shape index (κ3) is 2.20. The molecule has 2 aromatic carbocycles. The number of hydrogen-bond acceptors (Lipinski definition) is 2. The Kier molecular flexibility index (Phi) is 3.33. The Balaban J connectivity index is 2.63. The molecule has 18 heavy (non-hydrogen) atoms. The lowest BCUT2D eigenvalue weighted by molar-refractivity contribution is 0.0998. The molecule has 0 bridgehead atoms. The van der Waals surface area contributed by atoms with E-state index in [9.17, 15) is 4.79 Å². The van der Waals surface area contributed by atoms with Crippen LogP contribution < -0.4 is 10.5 Å². The van der Waals surface area contributed by atoms with Gasteiger partial charge in [-0.2, -0.15) is 0 Å². The van der Waals surface area contributed by atoms with Crippen molar-refractivity contribution in [1.29, 1.82) is 0 Å². The molecule has 1 amide bonds. The van der Waals surface area contributed by atoms with Gasteiger partial charge in [0.25, 0.3) is 5.91 Å². The molecule has 3 nitrogen and oxygen atoms in total. The van der Waals surface area contributed by atoms with Gasteiger partial charge in [0.15, 0.2) is 0 Å². The number of carbonyl (C=O) groups excluding carboxylic acids is 1. The molecule has 0 aliphatic rings. The van der Waals surface area contributed by atoms with Gasteiger partial charge in [-0.05, 0) is 24.1 Å². The number of benzene rings is 2. The lowest BCUT2D eigenvalue weighted by Crippen LogP contribution is -2.14. The van der Waals surface area contributed by atoms with Crippen LogP contribution in [0.5, 0.6) is 5.75 Å². The molecule has 0 spiro atoms. The number of nitrogens with two attached hydrogens (primary N) is 1. The van der Waals surface area contributed by atoms with E-state index in [0.717, 1.165) is 11.1 Å². The smallest absolute Gasteiger partial charge is 0.253 e. The zero-order valence-electron chi connectivity index (χ0n) is 10.4. The average Bonchev–Trinajstić information content (AvgIpc) is 2.38. The lowest BCUT2D eigenvalue weighted by Gasteiger charge is -2.11. The van der Waals surface area contributed by atoms with E-state index in [1.54, 1.807) is 6.07 Å². The topological polar surface area (TPSA) is 52.3 Å². The summed E-state index contributed by atoms with van der Waals surface area (Å²) >= 11 is 0. The fourth-order valence-corrected chi connectivity index (χ4v) is 1.93. The van der Waals surface area contributed by atoms with Gasteiger partial charge in [0.1, 0.15) is 5.75 Å². The Morgan fingerprint density at radius 1 is 1.11 bits per heavy atom. The number of amides is 1. The molecule has 0 heterocycles. The second-order valence-corrected chi connectivity index (χ2v) is 4.11. The van der Waals surface area contributed by atoms with Crippen LogP contribution in [0.2, 0.25) is 0 Å².